The highest BCUT2D eigenvalue weighted by molar-refractivity contribution is 6.31. The van der Waals surface area contributed by atoms with Gasteiger partial charge in [-0.15, -0.1) is 0 Å². The summed E-state index contributed by atoms with van der Waals surface area (Å²) >= 11 is 6.21. The third-order valence-electron chi connectivity index (χ3n) is 5.63. The fourth-order valence-electron chi connectivity index (χ4n) is 3.91. The molecule has 0 aliphatic heterocycles. The molecule has 0 saturated carbocycles. The van der Waals surface area contributed by atoms with Gasteiger partial charge in [-0.2, -0.15) is 0 Å². The number of fused-ring (bicyclic) bond motifs is 2. The number of hydrogen-bond donors (Lipinski definition) is 0. The van der Waals surface area contributed by atoms with Crippen molar-refractivity contribution >= 4 is 33.4 Å². The number of nitrogens with zero attached hydrogens (tertiary/aromatic N) is 3. The van der Waals surface area contributed by atoms with Gasteiger partial charge in [0.05, 0.1) is 11.0 Å². The molecule has 0 radical (unpaired) electrons. The lowest BCUT2D eigenvalue weighted by atomic mass is 10.1. The molecule has 1 aromatic heterocycles. The topological polar surface area (TPSA) is 30.3 Å². The highest BCUT2D eigenvalue weighted by atomic mass is 35.5. The Morgan fingerprint density at radius 3 is 2.57 bits per heavy atom. The summed E-state index contributed by atoms with van der Waals surface area (Å²) in [6.45, 7) is 8.98. The lowest BCUT2D eigenvalue weighted by Gasteiger charge is -2.18. The molecular formula is C25H28ClN3O. The number of halogens is 1. The summed E-state index contributed by atoms with van der Waals surface area (Å²) in [6, 6.07) is 20.4. The average Bonchev–Trinajstić information content (AvgIpc) is 3.11. The number of ether oxygens (including phenoxy) is 1. The third-order valence-corrected chi connectivity index (χ3v) is 5.86. The largest absolute Gasteiger partial charge is 0.486 e. The molecule has 0 N–H and O–H groups in total. The molecule has 4 aromatic rings. The number of hydrogen-bond acceptors (Lipinski definition) is 3. The number of aromatic nitrogens is 2. The van der Waals surface area contributed by atoms with Crippen LogP contribution in [-0.2, 0) is 13.2 Å². The van der Waals surface area contributed by atoms with Crippen molar-refractivity contribution in [2.24, 2.45) is 0 Å². The van der Waals surface area contributed by atoms with Crippen LogP contribution in [0.5, 0.6) is 5.75 Å². The van der Waals surface area contributed by atoms with Gasteiger partial charge in [0.25, 0.3) is 0 Å². The molecule has 0 saturated heterocycles. The van der Waals surface area contributed by atoms with Crippen molar-refractivity contribution in [2.75, 3.05) is 19.6 Å². The molecular weight excluding hydrogens is 394 g/mol. The maximum Gasteiger partial charge on any atom is 0.147 e. The molecule has 4 rings (SSSR count). The lowest BCUT2D eigenvalue weighted by Crippen LogP contribution is -2.25. The highest BCUT2D eigenvalue weighted by Gasteiger charge is 2.12. The molecule has 0 atom stereocenters. The minimum absolute atomic E-state index is 0.426. The Kier molecular flexibility index (Phi) is 6.56. The van der Waals surface area contributed by atoms with Crippen LogP contribution in [0.1, 0.15) is 26.1 Å². The fraction of sp³-hybridized carbons (Fsp3) is 0.320. The third kappa shape index (κ3) is 4.61. The predicted molar refractivity (Wildman–Crippen MR) is 125 cm³/mol. The summed E-state index contributed by atoms with van der Waals surface area (Å²) in [4.78, 5) is 7.27. The Morgan fingerprint density at radius 1 is 0.967 bits per heavy atom. The van der Waals surface area contributed by atoms with Crippen molar-refractivity contribution in [2.45, 2.75) is 33.4 Å². The fourth-order valence-corrected chi connectivity index (χ4v) is 4.08. The second kappa shape index (κ2) is 9.50. The number of benzene rings is 3. The van der Waals surface area contributed by atoms with Crippen LogP contribution in [0.15, 0.2) is 60.7 Å². The monoisotopic (exact) mass is 421 g/mol. The standard InChI is InChI=1S/C25H28ClN3O/c1-3-28(4-2)14-7-15-29-24-13-11-21(26)17-23(24)27-25(29)18-30-22-12-10-19-8-5-6-9-20(19)16-22/h5-6,8-13,16-17H,3-4,7,14-15,18H2,1-2H3. The molecule has 4 nitrogen and oxygen atoms in total. The number of aryl methyl sites for hydroxylation is 1. The van der Waals surface area contributed by atoms with E-state index in [9.17, 15) is 0 Å². The van der Waals surface area contributed by atoms with E-state index in [0.717, 1.165) is 55.2 Å². The first kappa shape index (κ1) is 20.7. The van der Waals surface area contributed by atoms with Crippen molar-refractivity contribution in [1.82, 2.24) is 14.5 Å². The van der Waals surface area contributed by atoms with Crippen LogP contribution in [0.4, 0.5) is 0 Å². The second-order valence-electron chi connectivity index (χ2n) is 7.49. The quantitative estimate of drug-likeness (QED) is 0.324. The summed E-state index contributed by atoms with van der Waals surface area (Å²) in [6.07, 6.45) is 1.07. The first-order chi connectivity index (χ1) is 14.7. The molecule has 0 unspecified atom stereocenters. The summed E-state index contributed by atoms with van der Waals surface area (Å²) < 4.78 is 8.42. The molecule has 0 spiro atoms. The van der Waals surface area contributed by atoms with Crippen LogP contribution < -0.4 is 4.74 Å². The Bertz CT molecular complexity index is 1130. The Hall–Kier alpha value is -2.56. The normalized spacial score (nSPS) is 11.6. The predicted octanol–water partition coefficient (Wildman–Crippen LogP) is 6.15. The first-order valence-electron chi connectivity index (χ1n) is 10.7. The summed E-state index contributed by atoms with van der Waals surface area (Å²) in [7, 11) is 0. The van der Waals surface area contributed by atoms with Crippen LogP contribution in [0.3, 0.4) is 0 Å². The zero-order valence-electron chi connectivity index (χ0n) is 17.6. The minimum atomic E-state index is 0.426. The molecule has 0 amide bonds. The maximum absolute atomic E-state index is 6.21. The van der Waals surface area contributed by atoms with Gasteiger partial charge in [0, 0.05) is 11.6 Å². The van der Waals surface area contributed by atoms with Gasteiger partial charge < -0.3 is 14.2 Å². The van der Waals surface area contributed by atoms with Crippen molar-refractivity contribution in [1.29, 1.82) is 0 Å². The molecule has 3 aromatic carbocycles. The van der Waals surface area contributed by atoms with Crippen molar-refractivity contribution in [3.8, 4) is 5.75 Å². The van der Waals surface area contributed by atoms with Crippen LogP contribution in [0.2, 0.25) is 5.02 Å². The van der Waals surface area contributed by atoms with Gasteiger partial charge in [0.15, 0.2) is 0 Å². The summed E-state index contributed by atoms with van der Waals surface area (Å²) in [5.41, 5.74) is 2.03. The van der Waals surface area contributed by atoms with E-state index < -0.39 is 0 Å². The number of imidazole rings is 1. The zero-order chi connectivity index (χ0) is 20.9. The van der Waals surface area contributed by atoms with Crippen LogP contribution in [0.25, 0.3) is 21.8 Å². The molecule has 0 aliphatic rings. The van der Waals surface area contributed by atoms with Crippen molar-refractivity contribution in [3.63, 3.8) is 0 Å². The van der Waals surface area contributed by atoms with Gasteiger partial charge in [0.1, 0.15) is 18.2 Å². The van der Waals surface area contributed by atoms with Gasteiger partial charge in [0.2, 0.25) is 0 Å². The van der Waals surface area contributed by atoms with Gasteiger partial charge in [-0.25, -0.2) is 4.98 Å². The first-order valence-corrected chi connectivity index (χ1v) is 11.0. The highest BCUT2D eigenvalue weighted by Crippen LogP contribution is 2.24. The Balaban J connectivity index is 1.55. The summed E-state index contributed by atoms with van der Waals surface area (Å²) in [5, 5.41) is 3.09. The van der Waals surface area contributed by atoms with Crippen LogP contribution in [-0.4, -0.2) is 34.1 Å². The molecule has 0 fully saturated rings. The minimum Gasteiger partial charge on any atom is -0.486 e. The lowest BCUT2D eigenvalue weighted by molar-refractivity contribution is 0.279. The molecule has 0 bridgehead atoms. The van der Waals surface area contributed by atoms with E-state index in [2.05, 4.69) is 59.7 Å². The molecule has 30 heavy (non-hydrogen) atoms. The van der Waals surface area contributed by atoms with Crippen LogP contribution in [0, 0.1) is 0 Å². The van der Waals surface area contributed by atoms with Crippen molar-refractivity contribution < 1.29 is 4.74 Å². The Labute approximate surface area is 183 Å². The van der Waals surface area contributed by atoms with Gasteiger partial charge >= 0.3 is 0 Å². The zero-order valence-corrected chi connectivity index (χ0v) is 18.4. The SMILES string of the molecule is CCN(CC)CCCn1c(COc2ccc3ccccc3c2)nc2cc(Cl)ccc21. The molecule has 0 aliphatic carbocycles. The average molecular weight is 422 g/mol. The van der Waals surface area contributed by atoms with Crippen molar-refractivity contribution in [3.05, 3.63) is 71.5 Å². The number of rotatable bonds is 9. The molecule has 156 valence electrons. The maximum atomic E-state index is 6.21. The second-order valence-corrected chi connectivity index (χ2v) is 7.93. The molecule has 1 heterocycles. The Morgan fingerprint density at radius 2 is 1.77 bits per heavy atom. The van der Waals surface area contributed by atoms with Gasteiger partial charge in [-0.1, -0.05) is 55.8 Å². The van der Waals surface area contributed by atoms with E-state index in [1.54, 1.807) is 0 Å². The van der Waals surface area contributed by atoms with E-state index in [0.29, 0.717) is 11.6 Å². The van der Waals surface area contributed by atoms with E-state index in [1.165, 1.54) is 10.8 Å². The van der Waals surface area contributed by atoms with E-state index in [4.69, 9.17) is 21.3 Å². The van der Waals surface area contributed by atoms with Gasteiger partial charge in [-0.05, 0) is 67.2 Å². The summed E-state index contributed by atoms with van der Waals surface area (Å²) in [5.74, 6) is 1.79. The van der Waals surface area contributed by atoms with Crippen LogP contribution >= 0.6 is 11.6 Å². The van der Waals surface area contributed by atoms with E-state index in [-0.39, 0.29) is 0 Å². The van der Waals surface area contributed by atoms with E-state index >= 15 is 0 Å². The molecule has 5 heteroatoms. The smallest absolute Gasteiger partial charge is 0.147 e. The van der Waals surface area contributed by atoms with Gasteiger partial charge in [-0.3, -0.25) is 0 Å². The van der Waals surface area contributed by atoms with E-state index in [1.807, 2.05) is 24.3 Å².